The van der Waals surface area contributed by atoms with Gasteiger partial charge in [0.2, 0.25) is 15.9 Å². The van der Waals surface area contributed by atoms with E-state index in [-0.39, 0.29) is 53.9 Å². The van der Waals surface area contributed by atoms with E-state index in [1.807, 2.05) is 0 Å². The number of piperazine rings is 2. The number of rotatable bonds is 6. The minimum Gasteiger partial charge on any atom is -0.354 e. The molecule has 14 heteroatoms. The van der Waals surface area contributed by atoms with Crippen LogP contribution in [0.4, 0.5) is 24.7 Å². The predicted octanol–water partition coefficient (Wildman–Crippen LogP) is 2.52. The molecule has 0 radical (unpaired) electrons. The number of halogens is 4. The molecule has 0 spiro atoms. The van der Waals surface area contributed by atoms with Gasteiger partial charge in [0.25, 0.3) is 0 Å². The van der Waals surface area contributed by atoms with Crippen LogP contribution in [0, 0.1) is 5.92 Å². The fourth-order valence-corrected chi connectivity index (χ4v) is 6.95. The smallest absolute Gasteiger partial charge is 0.354 e. The van der Waals surface area contributed by atoms with E-state index in [2.05, 4.69) is 15.2 Å². The van der Waals surface area contributed by atoms with Crippen LogP contribution in [-0.2, 0) is 21.0 Å². The summed E-state index contributed by atoms with van der Waals surface area (Å²) in [6, 6.07) is 8.00. The summed E-state index contributed by atoms with van der Waals surface area (Å²) in [6.07, 6.45) is -4.09. The molecule has 1 aromatic heterocycles. The molecule has 3 aliphatic rings. The average Bonchev–Trinajstić information content (AvgIpc) is 3.28. The Hall–Kier alpha value is -2.45. The van der Waals surface area contributed by atoms with Crippen molar-refractivity contribution in [3.05, 3.63) is 47.1 Å². The van der Waals surface area contributed by atoms with E-state index in [1.54, 1.807) is 21.9 Å². The van der Waals surface area contributed by atoms with Crippen LogP contribution in [0.1, 0.15) is 12.0 Å². The summed E-state index contributed by atoms with van der Waals surface area (Å²) >= 11 is 5.80. The number of carbonyl (C=O) groups is 1. The molecule has 3 aliphatic heterocycles. The van der Waals surface area contributed by atoms with Crippen LogP contribution in [0.3, 0.4) is 0 Å². The second kappa shape index (κ2) is 11.2. The van der Waals surface area contributed by atoms with E-state index in [0.717, 1.165) is 44.9 Å². The van der Waals surface area contributed by atoms with Crippen LogP contribution in [0.5, 0.6) is 0 Å². The maximum absolute atomic E-state index is 13.3. The molecule has 0 saturated carbocycles. The van der Waals surface area contributed by atoms with Gasteiger partial charge < -0.3 is 20.0 Å². The number of hydrogen-bond acceptors (Lipinski definition) is 7. The number of nitrogens with zero attached hydrogens (tertiary/aromatic N) is 5. The fraction of sp³-hybridized carbons (Fsp3) is 0.520. The second-order valence-electron chi connectivity index (χ2n) is 10.0. The number of amides is 1. The number of sulfonamides is 1. The topological polar surface area (TPSA) is 89.1 Å². The Balaban J connectivity index is 1.21. The van der Waals surface area contributed by atoms with Crippen molar-refractivity contribution in [2.45, 2.75) is 17.5 Å². The van der Waals surface area contributed by atoms with Crippen LogP contribution in [0.15, 0.2) is 41.3 Å². The van der Waals surface area contributed by atoms with Crippen LogP contribution < -0.4 is 15.1 Å². The monoisotopic (exact) mass is 586 g/mol. The summed E-state index contributed by atoms with van der Waals surface area (Å²) in [5, 5.41) is 3.05. The molecule has 1 atom stereocenters. The van der Waals surface area contributed by atoms with Crippen molar-refractivity contribution in [1.82, 2.24) is 19.5 Å². The van der Waals surface area contributed by atoms with E-state index in [1.165, 1.54) is 16.4 Å². The molecule has 0 bridgehead atoms. The molecular formula is C25H30ClF3N6O3S. The molecular weight excluding hydrogens is 557 g/mol. The van der Waals surface area contributed by atoms with E-state index >= 15 is 0 Å². The summed E-state index contributed by atoms with van der Waals surface area (Å²) in [5.41, 5.74) is -0.238. The van der Waals surface area contributed by atoms with Crippen molar-refractivity contribution >= 4 is 39.0 Å². The molecule has 1 amide bonds. The van der Waals surface area contributed by atoms with Gasteiger partial charge in [-0.2, -0.15) is 17.5 Å². The van der Waals surface area contributed by atoms with Gasteiger partial charge in [0.1, 0.15) is 11.0 Å². The molecule has 3 fully saturated rings. The largest absolute Gasteiger partial charge is 0.416 e. The molecule has 3 saturated heterocycles. The Bertz CT molecular complexity index is 1300. The average molecular weight is 587 g/mol. The van der Waals surface area contributed by atoms with E-state index in [9.17, 15) is 26.4 Å². The second-order valence-corrected chi connectivity index (χ2v) is 12.4. The number of nitrogens with one attached hydrogen (secondary N) is 1. The summed E-state index contributed by atoms with van der Waals surface area (Å²) in [6.45, 7) is 5.80. The van der Waals surface area contributed by atoms with Crippen molar-refractivity contribution < 1.29 is 26.4 Å². The molecule has 0 aliphatic carbocycles. The zero-order valence-electron chi connectivity index (χ0n) is 21.2. The summed E-state index contributed by atoms with van der Waals surface area (Å²) in [4.78, 5) is 22.5. The number of pyridine rings is 1. The van der Waals surface area contributed by atoms with Gasteiger partial charge in [0, 0.05) is 77.6 Å². The standard InChI is InChI=1S/C25H30ClF3N6O3S/c26-22-14-19(25(27,28)29)15-23(31-22)33-9-11-34(12-10-33)39(37,38)21-3-1-20(2-4-21)35-17-18(13-24(35)36)16-32-7-5-30-6-8-32/h1-4,14-15,18,30H,5-13,16-17H2. The lowest BCUT2D eigenvalue weighted by molar-refractivity contribution is -0.137. The highest BCUT2D eigenvalue weighted by Crippen LogP contribution is 2.33. The predicted molar refractivity (Wildman–Crippen MR) is 141 cm³/mol. The fourth-order valence-electron chi connectivity index (χ4n) is 5.33. The minimum absolute atomic E-state index is 0.0326. The first-order valence-electron chi connectivity index (χ1n) is 12.8. The normalized spacial score (nSPS) is 22.1. The van der Waals surface area contributed by atoms with Crippen LogP contribution in [0.25, 0.3) is 0 Å². The zero-order valence-corrected chi connectivity index (χ0v) is 22.8. The highest BCUT2D eigenvalue weighted by molar-refractivity contribution is 7.89. The van der Waals surface area contributed by atoms with Gasteiger partial charge in [-0.25, -0.2) is 13.4 Å². The lowest BCUT2D eigenvalue weighted by Crippen LogP contribution is -2.49. The number of carbonyl (C=O) groups excluding carboxylic acids is 1. The van der Waals surface area contributed by atoms with E-state index in [0.29, 0.717) is 18.7 Å². The number of alkyl halides is 3. The Labute approximate surface area is 230 Å². The molecule has 39 heavy (non-hydrogen) atoms. The quantitative estimate of drug-likeness (QED) is 0.521. The first-order chi connectivity index (χ1) is 18.5. The summed E-state index contributed by atoms with van der Waals surface area (Å²) in [5.74, 6) is 0.323. The van der Waals surface area contributed by atoms with Gasteiger partial charge in [0.15, 0.2) is 0 Å². The van der Waals surface area contributed by atoms with Gasteiger partial charge in [-0.15, -0.1) is 0 Å². The lowest BCUT2D eigenvalue weighted by atomic mass is 10.1. The Morgan fingerprint density at radius 1 is 1.00 bits per heavy atom. The molecule has 4 heterocycles. The number of hydrogen-bond donors (Lipinski definition) is 1. The number of benzene rings is 1. The SMILES string of the molecule is O=C1CC(CN2CCNCC2)CN1c1ccc(S(=O)(=O)N2CCN(c3cc(C(F)(F)F)cc(Cl)n3)CC2)cc1. The van der Waals surface area contributed by atoms with Gasteiger partial charge in [-0.3, -0.25) is 4.79 Å². The van der Waals surface area contributed by atoms with E-state index in [4.69, 9.17) is 11.6 Å². The highest BCUT2D eigenvalue weighted by Gasteiger charge is 2.35. The van der Waals surface area contributed by atoms with E-state index < -0.39 is 21.8 Å². The van der Waals surface area contributed by atoms with Crippen molar-refractivity contribution in [1.29, 1.82) is 0 Å². The third kappa shape index (κ3) is 6.32. The molecule has 5 rings (SSSR count). The first-order valence-corrected chi connectivity index (χ1v) is 14.7. The Morgan fingerprint density at radius 3 is 2.31 bits per heavy atom. The van der Waals surface area contributed by atoms with Gasteiger partial charge in [0.05, 0.1) is 10.5 Å². The maximum atomic E-state index is 13.3. The molecule has 2 aromatic rings. The number of anilines is 2. The van der Waals surface area contributed by atoms with Gasteiger partial charge in [-0.1, -0.05) is 11.6 Å². The maximum Gasteiger partial charge on any atom is 0.416 e. The molecule has 1 N–H and O–H groups in total. The van der Waals surface area contributed by atoms with Crippen LogP contribution >= 0.6 is 11.6 Å². The van der Waals surface area contributed by atoms with Crippen LogP contribution in [0.2, 0.25) is 5.15 Å². The van der Waals surface area contributed by atoms with Crippen LogP contribution in [-0.4, -0.2) is 94.0 Å². The Morgan fingerprint density at radius 2 is 1.67 bits per heavy atom. The summed E-state index contributed by atoms with van der Waals surface area (Å²) in [7, 11) is -3.83. The molecule has 212 valence electrons. The summed E-state index contributed by atoms with van der Waals surface area (Å²) < 4.78 is 67.3. The van der Waals surface area contributed by atoms with Crippen molar-refractivity contribution in [3.8, 4) is 0 Å². The van der Waals surface area contributed by atoms with Crippen molar-refractivity contribution in [2.75, 3.05) is 75.2 Å². The third-order valence-corrected chi connectivity index (χ3v) is 9.49. The third-order valence-electron chi connectivity index (χ3n) is 7.39. The Kier molecular flexibility index (Phi) is 8.07. The van der Waals surface area contributed by atoms with Gasteiger partial charge >= 0.3 is 6.18 Å². The first kappa shape index (κ1) is 28.1. The van der Waals surface area contributed by atoms with Crippen molar-refractivity contribution in [2.24, 2.45) is 5.92 Å². The zero-order chi connectivity index (χ0) is 27.8. The molecule has 1 unspecified atom stereocenters. The molecule has 1 aromatic carbocycles. The molecule has 9 nitrogen and oxygen atoms in total. The van der Waals surface area contributed by atoms with Crippen molar-refractivity contribution in [3.63, 3.8) is 0 Å². The lowest BCUT2D eigenvalue weighted by Gasteiger charge is -2.35. The highest BCUT2D eigenvalue weighted by atomic mass is 35.5. The van der Waals surface area contributed by atoms with Gasteiger partial charge in [-0.05, 0) is 42.3 Å². The number of aromatic nitrogens is 1. The minimum atomic E-state index is -4.57.